The Balaban J connectivity index is 1.85. The van der Waals surface area contributed by atoms with Gasteiger partial charge in [-0.2, -0.15) is 0 Å². The van der Waals surface area contributed by atoms with Gasteiger partial charge >= 0.3 is 5.97 Å². The molecule has 1 atom stereocenters. The molecule has 1 aromatic carbocycles. The number of methoxy groups -OCH3 is 1. The first-order valence-electron chi connectivity index (χ1n) is 6.91. The average Bonchev–Trinajstić information content (AvgIpc) is 2.99. The number of ether oxygens (including phenoxy) is 3. The lowest BCUT2D eigenvalue weighted by molar-refractivity contribution is -0.150. The fraction of sp³-hybridized carbons (Fsp3) is 0.467. The highest BCUT2D eigenvalue weighted by atomic mass is 32.2. The van der Waals surface area contributed by atoms with Crippen LogP contribution in [0.25, 0.3) is 0 Å². The first-order chi connectivity index (χ1) is 10.6. The molecule has 1 saturated heterocycles. The maximum absolute atomic E-state index is 12.0. The van der Waals surface area contributed by atoms with Crippen LogP contribution < -0.4 is 9.47 Å². The maximum atomic E-state index is 12.0. The molecule has 1 aromatic rings. The lowest BCUT2D eigenvalue weighted by Crippen LogP contribution is -2.40. The zero-order valence-corrected chi connectivity index (χ0v) is 13.4. The quantitative estimate of drug-likeness (QED) is 0.739. The Morgan fingerprint density at radius 2 is 1.95 bits per heavy atom. The van der Waals surface area contributed by atoms with Gasteiger partial charge in [-0.15, -0.1) is 11.8 Å². The van der Waals surface area contributed by atoms with Crippen molar-refractivity contribution < 1.29 is 23.8 Å². The molecule has 22 heavy (non-hydrogen) atoms. The fourth-order valence-electron chi connectivity index (χ4n) is 2.03. The largest absolute Gasteiger partial charge is 0.497 e. The number of hydrogen-bond donors (Lipinski definition) is 0. The summed E-state index contributed by atoms with van der Waals surface area (Å²) >= 11 is 1.65. The van der Waals surface area contributed by atoms with E-state index >= 15 is 0 Å². The van der Waals surface area contributed by atoms with Crippen LogP contribution in [0.1, 0.15) is 6.92 Å². The van der Waals surface area contributed by atoms with E-state index in [0.29, 0.717) is 13.2 Å². The minimum absolute atomic E-state index is 0.0647. The number of esters is 1. The van der Waals surface area contributed by atoms with Crippen molar-refractivity contribution in [3.8, 4) is 11.5 Å². The molecule has 1 unspecified atom stereocenters. The highest BCUT2D eigenvalue weighted by Gasteiger charge is 2.30. The average molecular weight is 325 g/mol. The van der Waals surface area contributed by atoms with Gasteiger partial charge in [-0.3, -0.25) is 9.59 Å². The zero-order valence-electron chi connectivity index (χ0n) is 12.6. The minimum Gasteiger partial charge on any atom is -0.497 e. The standard InChI is InChI=1S/C15H19NO5S/c1-11(17)20-9-14(18)16-7-8-22-15(16)10-21-13-5-3-12(19-2)4-6-13/h3-6,15H,7-10H2,1-2H3. The molecule has 2 rings (SSSR count). The van der Waals surface area contributed by atoms with E-state index in [1.165, 1.54) is 6.92 Å². The maximum Gasteiger partial charge on any atom is 0.303 e. The summed E-state index contributed by atoms with van der Waals surface area (Å²) in [6, 6.07) is 7.29. The third kappa shape index (κ3) is 4.56. The predicted molar refractivity (Wildman–Crippen MR) is 83.1 cm³/mol. The zero-order chi connectivity index (χ0) is 15.9. The van der Waals surface area contributed by atoms with Crippen LogP contribution in [0.4, 0.5) is 0 Å². The number of benzene rings is 1. The second-order valence-corrected chi connectivity index (χ2v) is 5.97. The lowest BCUT2D eigenvalue weighted by Gasteiger charge is -2.23. The van der Waals surface area contributed by atoms with E-state index in [2.05, 4.69) is 0 Å². The van der Waals surface area contributed by atoms with Gasteiger partial charge in [-0.05, 0) is 24.3 Å². The van der Waals surface area contributed by atoms with Crippen LogP contribution in [0.2, 0.25) is 0 Å². The molecule has 1 heterocycles. The van der Waals surface area contributed by atoms with Gasteiger partial charge in [0.25, 0.3) is 5.91 Å². The molecule has 0 saturated carbocycles. The van der Waals surface area contributed by atoms with Crippen LogP contribution in [-0.4, -0.2) is 54.8 Å². The van der Waals surface area contributed by atoms with Gasteiger partial charge in [0.05, 0.1) is 7.11 Å². The Labute approximate surface area is 133 Å². The Bertz CT molecular complexity index is 519. The number of carbonyl (C=O) groups is 2. The Morgan fingerprint density at radius 1 is 1.27 bits per heavy atom. The molecule has 6 nitrogen and oxygen atoms in total. The highest BCUT2D eigenvalue weighted by molar-refractivity contribution is 8.00. The summed E-state index contributed by atoms with van der Waals surface area (Å²) in [5.41, 5.74) is 0. The molecule has 120 valence electrons. The molecule has 0 aromatic heterocycles. The van der Waals surface area contributed by atoms with Gasteiger partial charge in [0.2, 0.25) is 0 Å². The van der Waals surface area contributed by atoms with Crippen molar-refractivity contribution in [2.45, 2.75) is 12.3 Å². The van der Waals surface area contributed by atoms with Gasteiger partial charge in [0.15, 0.2) is 6.61 Å². The van der Waals surface area contributed by atoms with E-state index in [4.69, 9.17) is 14.2 Å². The second kappa shape index (κ2) is 7.93. The number of rotatable bonds is 6. The summed E-state index contributed by atoms with van der Waals surface area (Å²) in [6.45, 7) is 2.11. The molecule has 0 bridgehead atoms. The third-order valence-electron chi connectivity index (χ3n) is 3.16. The summed E-state index contributed by atoms with van der Waals surface area (Å²) in [7, 11) is 1.61. The summed E-state index contributed by atoms with van der Waals surface area (Å²) in [4.78, 5) is 24.5. The van der Waals surface area contributed by atoms with E-state index in [1.54, 1.807) is 23.8 Å². The first kappa shape index (κ1) is 16.5. The van der Waals surface area contributed by atoms with Crippen molar-refractivity contribution in [3.63, 3.8) is 0 Å². The van der Waals surface area contributed by atoms with E-state index < -0.39 is 5.97 Å². The fourth-order valence-corrected chi connectivity index (χ4v) is 3.17. The molecule has 0 N–H and O–H groups in total. The third-order valence-corrected chi connectivity index (χ3v) is 4.35. The van der Waals surface area contributed by atoms with Gasteiger partial charge in [0.1, 0.15) is 23.5 Å². The summed E-state index contributed by atoms with van der Waals surface area (Å²) < 4.78 is 15.6. The Hall–Kier alpha value is -1.89. The van der Waals surface area contributed by atoms with Crippen molar-refractivity contribution in [1.29, 1.82) is 0 Å². The van der Waals surface area contributed by atoms with Crippen LogP contribution in [-0.2, 0) is 14.3 Å². The van der Waals surface area contributed by atoms with Gasteiger partial charge < -0.3 is 19.1 Å². The monoisotopic (exact) mass is 325 g/mol. The molecule has 0 spiro atoms. The van der Waals surface area contributed by atoms with Gasteiger partial charge in [0, 0.05) is 19.2 Å². The topological polar surface area (TPSA) is 65.1 Å². The highest BCUT2D eigenvalue weighted by Crippen LogP contribution is 2.25. The van der Waals surface area contributed by atoms with E-state index in [-0.39, 0.29) is 17.9 Å². The summed E-state index contributed by atoms with van der Waals surface area (Å²) in [5.74, 6) is 1.69. The summed E-state index contributed by atoms with van der Waals surface area (Å²) in [5, 5.41) is -0.0647. The number of amides is 1. The smallest absolute Gasteiger partial charge is 0.303 e. The van der Waals surface area contributed by atoms with Crippen molar-refractivity contribution in [2.75, 3.05) is 32.6 Å². The van der Waals surface area contributed by atoms with Gasteiger partial charge in [-0.1, -0.05) is 0 Å². The SMILES string of the molecule is COc1ccc(OCC2SCCN2C(=O)COC(C)=O)cc1. The van der Waals surface area contributed by atoms with E-state index in [9.17, 15) is 9.59 Å². The molecular formula is C15H19NO5S. The van der Waals surface area contributed by atoms with Crippen molar-refractivity contribution in [1.82, 2.24) is 4.90 Å². The lowest BCUT2D eigenvalue weighted by atomic mass is 10.3. The van der Waals surface area contributed by atoms with Crippen molar-refractivity contribution in [2.24, 2.45) is 0 Å². The molecule has 0 radical (unpaired) electrons. The van der Waals surface area contributed by atoms with Crippen LogP contribution in [0, 0.1) is 0 Å². The molecule has 1 aliphatic heterocycles. The normalized spacial score (nSPS) is 17.2. The van der Waals surface area contributed by atoms with Crippen molar-refractivity contribution in [3.05, 3.63) is 24.3 Å². The second-order valence-electron chi connectivity index (χ2n) is 4.68. The number of thioether (sulfide) groups is 1. The van der Waals surface area contributed by atoms with E-state index in [0.717, 1.165) is 17.3 Å². The molecule has 1 fully saturated rings. The van der Waals surface area contributed by atoms with Crippen LogP contribution >= 0.6 is 11.8 Å². The molecular weight excluding hydrogens is 306 g/mol. The van der Waals surface area contributed by atoms with Crippen LogP contribution in [0.3, 0.4) is 0 Å². The molecule has 0 aliphatic carbocycles. The Kier molecular flexibility index (Phi) is 5.94. The minimum atomic E-state index is -0.453. The van der Waals surface area contributed by atoms with Crippen LogP contribution in [0.5, 0.6) is 11.5 Å². The molecule has 1 amide bonds. The number of hydrogen-bond acceptors (Lipinski definition) is 6. The number of carbonyl (C=O) groups excluding carboxylic acids is 2. The summed E-state index contributed by atoms with van der Waals surface area (Å²) in [6.07, 6.45) is 0. The number of nitrogens with zero attached hydrogens (tertiary/aromatic N) is 1. The predicted octanol–water partition coefficient (Wildman–Crippen LogP) is 1.54. The Morgan fingerprint density at radius 3 is 2.59 bits per heavy atom. The van der Waals surface area contributed by atoms with Crippen molar-refractivity contribution >= 4 is 23.6 Å². The van der Waals surface area contributed by atoms with Crippen LogP contribution in [0.15, 0.2) is 24.3 Å². The van der Waals surface area contributed by atoms with Gasteiger partial charge in [-0.25, -0.2) is 0 Å². The first-order valence-corrected chi connectivity index (χ1v) is 7.96. The molecule has 1 aliphatic rings. The molecule has 7 heteroatoms. The van der Waals surface area contributed by atoms with E-state index in [1.807, 2.05) is 24.3 Å².